The predicted octanol–water partition coefficient (Wildman–Crippen LogP) is 7.80. The first-order valence-corrected chi connectivity index (χ1v) is 11.4. The van der Waals surface area contributed by atoms with E-state index in [4.69, 9.17) is 1.37 Å². The summed E-state index contributed by atoms with van der Waals surface area (Å²) in [6, 6.07) is 24.9. The maximum absolute atomic E-state index is 7.74. The number of benzene rings is 3. The molecule has 0 saturated heterocycles. The second-order valence-electron chi connectivity index (χ2n) is 10.2. The SMILES string of the molecule is [2H]c1ccc(-c2cc(C)cc(-c3ccc(C45CC6CC(CC(C6)C4)C5)cc3)c2)cc1. The Morgan fingerprint density at radius 1 is 0.690 bits per heavy atom. The van der Waals surface area contributed by atoms with Gasteiger partial charge in [-0.3, -0.25) is 0 Å². The second-order valence-corrected chi connectivity index (χ2v) is 10.2. The molecule has 0 spiro atoms. The van der Waals surface area contributed by atoms with Gasteiger partial charge in [-0.1, -0.05) is 66.7 Å². The van der Waals surface area contributed by atoms with Gasteiger partial charge in [-0.25, -0.2) is 0 Å². The number of aryl methyl sites for hydroxylation is 1. The average Bonchev–Trinajstić information content (AvgIpc) is 2.73. The summed E-state index contributed by atoms with van der Waals surface area (Å²) in [6.07, 6.45) is 8.80. The van der Waals surface area contributed by atoms with Gasteiger partial charge in [0.05, 0.1) is 1.37 Å². The zero-order valence-electron chi connectivity index (χ0n) is 18.3. The lowest BCUT2D eigenvalue weighted by Crippen LogP contribution is -2.48. The Bertz CT molecular complexity index is 1040. The van der Waals surface area contributed by atoms with Crippen molar-refractivity contribution in [3.8, 4) is 22.3 Å². The van der Waals surface area contributed by atoms with Crippen LogP contribution in [0.2, 0.25) is 0 Å². The van der Waals surface area contributed by atoms with E-state index < -0.39 is 0 Å². The second kappa shape index (κ2) is 6.59. The minimum Gasteiger partial charge on any atom is -0.0622 e. The van der Waals surface area contributed by atoms with Gasteiger partial charge in [0.15, 0.2) is 0 Å². The minimum atomic E-state index is 0.475. The summed E-state index contributed by atoms with van der Waals surface area (Å²) in [4.78, 5) is 0. The summed E-state index contributed by atoms with van der Waals surface area (Å²) in [5.74, 6) is 2.97. The van der Waals surface area contributed by atoms with Gasteiger partial charge >= 0.3 is 0 Å². The van der Waals surface area contributed by atoms with Gasteiger partial charge in [0.1, 0.15) is 0 Å². The topological polar surface area (TPSA) is 0 Å². The monoisotopic (exact) mass is 379 g/mol. The van der Waals surface area contributed by atoms with Crippen LogP contribution in [-0.2, 0) is 5.41 Å². The van der Waals surface area contributed by atoms with Crippen molar-refractivity contribution in [3.05, 3.63) is 83.9 Å². The Morgan fingerprint density at radius 2 is 1.21 bits per heavy atom. The standard InChI is InChI=1S/C29H30/c1-20-11-26(24-5-3-2-4-6-24)16-27(12-20)25-7-9-28(10-8-25)29-17-21-13-22(18-29)15-23(14-21)19-29/h2-12,16,21-23H,13-15,17-19H2,1H3/i2D. The third kappa shape index (κ3) is 3.05. The largest absolute Gasteiger partial charge is 0.0623 e. The average molecular weight is 380 g/mol. The Hall–Kier alpha value is -2.34. The van der Waals surface area contributed by atoms with E-state index in [2.05, 4.69) is 61.5 Å². The Morgan fingerprint density at radius 3 is 1.76 bits per heavy atom. The van der Waals surface area contributed by atoms with E-state index in [1.54, 1.807) is 5.56 Å². The van der Waals surface area contributed by atoms with E-state index in [-0.39, 0.29) is 0 Å². The van der Waals surface area contributed by atoms with Crippen LogP contribution in [0, 0.1) is 24.7 Å². The highest BCUT2D eigenvalue weighted by Gasteiger charge is 2.51. The van der Waals surface area contributed by atoms with Crippen molar-refractivity contribution >= 4 is 0 Å². The van der Waals surface area contributed by atoms with Crippen molar-refractivity contribution in [1.29, 1.82) is 0 Å². The molecule has 0 atom stereocenters. The smallest absolute Gasteiger partial charge is 0.0622 e. The minimum absolute atomic E-state index is 0.475. The molecular formula is C29H30. The van der Waals surface area contributed by atoms with Gasteiger partial charge < -0.3 is 0 Å². The van der Waals surface area contributed by atoms with Crippen molar-refractivity contribution < 1.29 is 1.37 Å². The summed E-state index contributed by atoms with van der Waals surface area (Å²) in [5, 5.41) is 0. The molecule has 4 saturated carbocycles. The lowest BCUT2D eigenvalue weighted by atomic mass is 9.48. The van der Waals surface area contributed by atoms with Crippen LogP contribution in [0.15, 0.2) is 72.8 Å². The van der Waals surface area contributed by atoms with Crippen LogP contribution < -0.4 is 0 Å². The van der Waals surface area contributed by atoms with E-state index in [0.717, 1.165) is 17.8 Å². The number of rotatable bonds is 3. The van der Waals surface area contributed by atoms with Crippen LogP contribution in [-0.4, -0.2) is 0 Å². The fourth-order valence-electron chi connectivity index (χ4n) is 7.18. The van der Waals surface area contributed by atoms with E-state index in [1.165, 1.54) is 66.3 Å². The number of hydrogen-bond acceptors (Lipinski definition) is 0. The predicted molar refractivity (Wildman–Crippen MR) is 122 cm³/mol. The number of hydrogen-bond donors (Lipinski definition) is 0. The zero-order valence-corrected chi connectivity index (χ0v) is 17.3. The van der Waals surface area contributed by atoms with Crippen molar-refractivity contribution in [3.63, 3.8) is 0 Å². The highest BCUT2D eigenvalue weighted by molar-refractivity contribution is 5.74. The van der Waals surface area contributed by atoms with E-state index in [9.17, 15) is 0 Å². The summed E-state index contributed by atoms with van der Waals surface area (Å²) in [5.41, 5.74) is 8.37. The van der Waals surface area contributed by atoms with E-state index >= 15 is 0 Å². The molecule has 0 radical (unpaired) electrons. The molecule has 146 valence electrons. The third-order valence-corrected chi connectivity index (χ3v) is 8.00. The van der Waals surface area contributed by atoms with Gasteiger partial charge in [0, 0.05) is 0 Å². The molecule has 0 aliphatic heterocycles. The Labute approximate surface area is 176 Å². The van der Waals surface area contributed by atoms with Gasteiger partial charge in [0.25, 0.3) is 0 Å². The van der Waals surface area contributed by atoms with Crippen LogP contribution in [0.25, 0.3) is 22.3 Å². The Kier molecular flexibility index (Phi) is 3.74. The molecule has 0 N–H and O–H groups in total. The van der Waals surface area contributed by atoms with Gasteiger partial charge in [-0.2, -0.15) is 0 Å². The molecule has 0 heteroatoms. The highest BCUT2D eigenvalue weighted by Crippen LogP contribution is 2.60. The van der Waals surface area contributed by atoms with Gasteiger partial charge in [-0.15, -0.1) is 0 Å². The maximum Gasteiger partial charge on any atom is 0.0623 e. The molecule has 4 fully saturated rings. The molecule has 3 aromatic rings. The summed E-state index contributed by atoms with van der Waals surface area (Å²) < 4.78 is 7.74. The maximum atomic E-state index is 7.74. The summed E-state index contributed by atoms with van der Waals surface area (Å²) in [6.45, 7) is 2.18. The van der Waals surface area contributed by atoms with Crippen LogP contribution >= 0.6 is 0 Å². The van der Waals surface area contributed by atoms with Crippen molar-refractivity contribution in [2.75, 3.05) is 0 Å². The molecule has 29 heavy (non-hydrogen) atoms. The lowest BCUT2D eigenvalue weighted by molar-refractivity contribution is -0.00518. The molecule has 0 heterocycles. The lowest BCUT2D eigenvalue weighted by Gasteiger charge is -2.57. The summed E-state index contributed by atoms with van der Waals surface area (Å²) in [7, 11) is 0. The van der Waals surface area contributed by atoms with Crippen LogP contribution in [0.4, 0.5) is 0 Å². The van der Waals surface area contributed by atoms with Gasteiger partial charge in [0.2, 0.25) is 0 Å². The molecule has 0 unspecified atom stereocenters. The van der Waals surface area contributed by atoms with Crippen LogP contribution in [0.3, 0.4) is 0 Å². The van der Waals surface area contributed by atoms with E-state index in [0.29, 0.717) is 11.5 Å². The Balaban J connectivity index is 1.33. The third-order valence-electron chi connectivity index (χ3n) is 8.00. The van der Waals surface area contributed by atoms with Crippen molar-refractivity contribution in [2.45, 2.75) is 50.9 Å². The highest BCUT2D eigenvalue weighted by atomic mass is 14.6. The molecule has 7 rings (SSSR count). The molecule has 4 aliphatic rings. The summed E-state index contributed by atoms with van der Waals surface area (Å²) >= 11 is 0. The van der Waals surface area contributed by atoms with Crippen LogP contribution in [0.5, 0.6) is 0 Å². The first-order chi connectivity index (χ1) is 14.6. The van der Waals surface area contributed by atoms with E-state index in [1.807, 2.05) is 12.1 Å². The zero-order chi connectivity index (χ0) is 20.3. The molecule has 0 nitrogen and oxygen atoms in total. The molecule has 4 aliphatic carbocycles. The van der Waals surface area contributed by atoms with Crippen molar-refractivity contribution in [1.82, 2.24) is 0 Å². The quantitative estimate of drug-likeness (QED) is 0.435. The fraction of sp³-hybridized carbons (Fsp3) is 0.379. The van der Waals surface area contributed by atoms with Crippen LogP contribution in [0.1, 0.15) is 51.0 Å². The molecular weight excluding hydrogens is 348 g/mol. The van der Waals surface area contributed by atoms with Crippen molar-refractivity contribution in [2.24, 2.45) is 17.8 Å². The molecule has 4 bridgehead atoms. The van der Waals surface area contributed by atoms with Gasteiger partial charge in [-0.05, 0) is 108 Å². The molecule has 3 aromatic carbocycles. The normalized spacial score (nSPS) is 30.4. The fourth-order valence-corrected chi connectivity index (χ4v) is 7.18. The first kappa shape index (κ1) is 16.5. The molecule has 0 amide bonds. The first-order valence-electron chi connectivity index (χ1n) is 11.9. The molecule has 0 aromatic heterocycles.